The SMILES string of the molecule is OC1(c2ccccc2Cl)CCN(I)CC1. The first-order chi connectivity index (χ1) is 7.12. The second-order valence-corrected chi connectivity index (χ2v) is 5.69. The molecule has 0 spiro atoms. The molecule has 0 aliphatic carbocycles. The van der Waals surface area contributed by atoms with Gasteiger partial charge in [0, 0.05) is 46.5 Å². The molecule has 0 atom stereocenters. The van der Waals surface area contributed by atoms with Gasteiger partial charge in [-0.15, -0.1) is 0 Å². The van der Waals surface area contributed by atoms with E-state index in [2.05, 4.69) is 26.0 Å². The van der Waals surface area contributed by atoms with Crippen LogP contribution in [0.5, 0.6) is 0 Å². The molecule has 4 heteroatoms. The van der Waals surface area contributed by atoms with Crippen molar-refractivity contribution in [3.8, 4) is 0 Å². The first-order valence-corrected chi connectivity index (χ1v) is 6.34. The highest BCUT2D eigenvalue weighted by Crippen LogP contribution is 2.37. The maximum Gasteiger partial charge on any atom is 0.0935 e. The summed E-state index contributed by atoms with van der Waals surface area (Å²) in [6, 6.07) is 7.58. The zero-order valence-corrected chi connectivity index (χ0v) is 11.2. The summed E-state index contributed by atoms with van der Waals surface area (Å²) in [6.07, 6.45) is 1.50. The molecule has 1 aromatic carbocycles. The smallest absolute Gasteiger partial charge is 0.0935 e. The molecule has 1 N–H and O–H groups in total. The molecular weight excluding hydrogens is 324 g/mol. The fraction of sp³-hybridized carbons (Fsp3) is 0.455. The van der Waals surface area contributed by atoms with Crippen molar-refractivity contribution in [2.75, 3.05) is 13.1 Å². The summed E-state index contributed by atoms with van der Waals surface area (Å²) in [7, 11) is 0. The molecule has 82 valence electrons. The van der Waals surface area contributed by atoms with E-state index in [0.29, 0.717) is 5.02 Å². The standard InChI is InChI=1S/C11H13ClINO/c12-10-4-2-1-3-9(10)11(15)5-7-14(13)8-6-11/h1-4,15H,5-8H2. The maximum absolute atomic E-state index is 10.5. The van der Waals surface area contributed by atoms with Crippen molar-refractivity contribution in [2.45, 2.75) is 18.4 Å². The number of benzene rings is 1. The van der Waals surface area contributed by atoms with Crippen molar-refractivity contribution < 1.29 is 5.11 Å². The quantitative estimate of drug-likeness (QED) is 0.629. The van der Waals surface area contributed by atoms with Gasteiger partial charge >= 0.3 is 0 Å². The summed E-state index contributed by atoms with van der Waals surface area (Å²) >= 11 is 8.40. The van der Waals surface area contributed by atoms with Gasteiger partial charge in [0.25, 0.3) is 0 Å². The number of rotatable bonds is 1. The van der Waals surface area contributed by atoms with Crippen molar-refractivity contribution in [1.82, 2.24) is 3.11 Å². The number of halogens is 2. The molecule has 0 radical (unpaired) electrons. The Morgan fingerprint density at radius 3 is 2.47 bits per heavy atom. The lowest BCUT2D eigenvalue weighted by atomic mass is 9.85. The average molecular weight is 338 g/mol. The molecule has 1 fully saturated rings. The molecule has 0 aromatic heterocycles. The Balaban J connectivity index is 2.26. The largest absolute Gasteiger partial charge is 0.385 e. The summed E-state index contributed by atoms with van der Waals surface area (Å²) in [4.78, 5) is 0. The minimum absolute atomic E-state index is 0.668. The second-order valence-electron chi connectivity index (χ2n) is 3.92. The lowest BCUT2D eigenvalue weighted by Gasteiger charge is -2.36. The monoisotopic (exact) mass is 337 g/mol. The van der Waals surface area contributed by atoms with Crippen molar-refractivity contribution >= 4 is 34.5 Å². The molecule has 0 unspecified atom stereocenters. The van der Waals surface area contributed by atoms with Crippen LogP contribution < -0.4 is 0 Å². The lowest BCUT2D eigenvalue weighted by Crippen LogP contribution is -2.38. The van der Waals surface area contributed by atoms with Crippen LogP contribution in [0.25, 0.3) is 0 Å². The van der Waals surface area contributed by atoms with E-state index in [-0.39, 0.29) is 0 Å². The van der Waals surface area contributed by atoms with Gasteiger partial charge in [-0.2, -0.15) is 0 Å². The normalized spacial score (nSPS) is 21.5. The van der Waals surface area contributed by atoms with Crippen molar-refractivity contribution in [1.29, 1.82) is 0 Å². The fourth-order valence-electron chi connectivity index (χ4n) is 1.96. The van der Waals surface area contributed by atoms with E-state index in [1.54, 1.807) is 0 Å². The lowest BCUT2D eigenvalue weighted by molar-refractivity contribution is -0.00515. The molecular formula is C11H13ClINO. The van der Waals surface area contributed by atoms with Crippen molar-refractivity contribution in [2.24, 2.45) is 0 Å². The van der Waals surface area contributed by atoms with E-state index in [1.807, 2.05) is 24.3 Å². The molecule has 2 nitrogen and oxygen atoms in total. The Bertz CT molecular complexity index is 350. The van der Waals surface area contributed by atoms with E-state index in [0.717, 1.165) is 31.5 Å². The number of aliphatic hydroxyl groups is 1. The topological polar surface area (TPSA) is 23.5 Å². The van der Waals surface area contributed by atoms with Crippen LogP contribution >= 0.6 is 34.5 Å². The second kappa shape index (κ2) is 4.57. The van der Waals surface area contributed by atoms with Crippen LogP contribution in [0, 0.1) is 0 Å². The van der Waals surface area contributed by atoms with Crippen molar-refractivity contribution in [3.63, 3.8) is 0 Å². The first-order valence-electron chi connectivity index (χ1n) is 5.00. The van der Waals surface area contributed by atoms with E-state index >= 15 is 0 Å². The third-order valence-electron chi connectivity index (χ3n) is 2.91. The van der Waals surface area contributed by atoms with Gasteiger partial charge in [-0.05, 0) is 18.9 Å². The average Bonchev–Trinajstić information content (AvgIpc) is 2.23. The van der Waals surface area contributed by atoms with E-state index in [1.165, 1.54) is 0 Å². The third kappa shape index (κ3) is 2.46. The molecule has 0 bridgehead atoms. The Labute approximate surface area is 109 Å². The van der Waals surface area contributed by atoms with Crippen LogP contribution in [-0.4, -0.2) is 21.3 Å². The number of nitrogens with zero attached hydrogens (tertiary/aromatic N) is 1. The predicted octanol–water partition coefficient (Wildman–Crippen LogP) is 2.97. The van der Waals surface area contributed by atoms with Crippen LogP contribution in [0.1, 0.15) is 18.4 Å². The Morgan fingerprint density at radius 2 is 1.87 bits per heavy atom. The fourth-order valence-corrected chi connectivity index (χ4v) is 2.75. The molecule has 1 aliphatic rings. The first kappa shape index (κ1) is 11.6. The van der Waals surface area contributed by atoms with Crippen LogP contribution in [0.3, 0.4) is 0 Å². The molecule has 1 aliphatic heterocycles. The maximum atomic E-state index is 10.5. The Kier molecular flexibility index (Phi) is 3.55. The summed E-state index contributed by atoms with van der Waals surface area (Å²) in [5, 5.41) is 11.2. The van der Waals surface area contributed by atoms with E-state index < -0.39 is 5.60 Å². The van der Waals surface area contributed by atoms with Gasteiger partial charge in [-0.25, -0.2) is 3.11 Å². The molecule has 15 heavy (non-hydrogen) atoms. The summed E-state index contributed by atoms with van der Waals surface area (Å²) < 4.78 is 2.20. The summed E-state index contributed by atoms with van der Waals surface area (Å²) in [6.45, 7) is 1.81. The van der Waals surface area contributed by atoms with Crippen LogP contribution in [0.4, 0.5) is 0 Å². The number of hydrogen-bond acceptors (Lipinski definition) is 2. The zero-order valence-electron chi connectivity index (χ0n) is 8.29. The van der Waals surface area contributed by atoms with E-state index in [9.17, 15) is 5.11 Å². The number of hydrogen-bond donors (Lipinski definition) is 1. The van der Waals surface area contributed by atoms with Crippen LogP contribution in [0.2, 0.25) is 5.02 Å². The molecule has 1 saturated heterocycles. The van der Waals surface area contributed by atoms with Crippen LogP contribution in [-0.2, 0) is 5.60 Å². The Hall–Kier alpha value is 0.160. The highest BCUT2D eigenvalue weighted by atomic mass is 127. The third-order valence-corrected chi connectivity index (χ3v) is 4.21. The van der Waals surface area contributed by atoms with Crippen LogP contribution in [0.15, 0.2) is 24.3 Å². The molecule has 1 aromatic rings. The zero-order chi connectivity index (χ0) is 10.9. The van der Waals surface area contributed by atoms with Gasteiger partial charge in [-0.3, -0.25) is 0 Å². The van der Waals surface area contributed by atoms with Gasteiger partial charge in [0.2, 0.25) is 0 Å². The van der Waals surface area contributed by atoms with Gasteiger partial charge in [-0.1, -0.05) is 29.8 Å². The minimum Gasteiger partial charge on any atom is -0.385 e. The van der Waals surface area contributed by atoms with Gasteiger partial charge in [0.05, 0.1) is 5.60 Å². The molecule has 1 heterocycles. The minimum atomic E-state index is -0.736. The van der Waals surface area contributed by atoms with Gasteiger partial charge < -0.3 is 5.11 Å². The van der Waals surface area contributed by atoms with Crippen molar-refractivity contribution in [3.05, 3.63) is 34.9 Å². The molecule has 0 amide bonds. The number of piperidine rings is 1. The highest BCUT2D eigenvalue weighted by Gasteiger charge is 2.34. The highest BCUT2D eigenvalue weighted by molar-refractivity contribution is 14.1. The summed E-state index contributed by atoms with van der Waals surface area (Å²) in [5.41, 5.74) is 0.135. The van der Waals surface area contributed by atoms with Gasteiger partial charge in [0.1, 0.15) is 0 Å². The molecule has 2 rings (SSSR count). The van der Waals surface area contributed by atoms with E-state index in [4.69, 9.17) is 11.6 Å². The summed E-state index contributed by atoms with van der Waals surface area (Å²) in [5.74, 6) is 0. The van der Waals surface area contributed by atoms with Gasteiger partial charge in [0.15, 0.2) is 0 Å². The predicted molar refractivity (Wildman–Crippen MR) is 70.2 cm³/mol. The molecule has 0 saturated carbocycles. The Morgan fingerprint density at radius 1 is 1.27 bits per heavy atom.